The third-order valence-electron chi connectivity index (χ3n) is 2.97. The summed E-state index contributed by atoms with van der Waals surface area (Å²) in [6.07, 6.45) is 3.75. The standard InChI is InChI=1S/C9H11NO2/c10-4-3-6-7(5-11)9-2-1-8(6)12-9/h5-9H,1-3H2/t6-,7-,8+,9-/m1/s1. The molecule has 2 saturated heterocycles. The Bertz CT molecular complexity index is 233. The summed E-state index contributed by atoms with van der Waals surface area (Å²) in [5.41, 5.74) is 0. The fourth-order valence-corrected chi connectivity index (χ4v) is 2.37. The quantitative estimate of drug-likeness (QED) is 0.571. The smallest absolute Gasteiger partial charge is 0.126 e. The molecular formula is C9H11NO2. The average molecular weight is 165 g/mol. The average Bonchev–Trinajstić information content (AvgIpc) is 2.64. The Labute approximate surface area is 71.3 Å². The number of hydrogen-bond acceptors (Lipinski definition) is 3. The maximum absolute atomic E-state index is 10.7. The van der Waals surface area contributed by atoms with Gasteiger partial charge in [-0.3, -0.25) is 0 Å². The van der Waals surface area contributed by atoms with E-state index in [2.05, 4.69) is 6.07 Å². The van der Waals surface area contributed by atoms with E-state index in [4.69, 9.17) is 10.00 Å². The highest BCUT2D eigenvalue weighted by molar-refractivity contribution is 5.56. The molecule has 2 bridgehead atoms. The number of nitriles is 1. The predicted octanol–water partition coefficient (Wildman–Crippen LogP) is 0.893. The van der Waals surface area contributed by atoms with Gasteiger partial charge < -0.3 is 9.53 Å². The van der Waals surface area contributed by atoms with E-state index in [1.165, 1.54) is 0 Å². The van der Waals surface area contributed by atoms with Crippen LogP contribution in [0.4, 0.5) is 0 Å². The van der Waals surface area contributed by atoms with Crippen LogP contribution in [0, 0.1) is 23.2 Å². The fourth-order valence-electron chi connectivity index (χ4n) is 2.37. The minimum absolute atomic E-state index is 0.0107. The molecule has 2 aliphatic heterocycles. The normalized spacial score (nSPS) is 44.2. The van der Waals surface area contributed by atoms with Crippen LogP contribution in [0.5, 0.6) is 0 Å². The lowest BCUT2D eigenvalue weighted by Gasteiger charge is -2.20. The second-order valence-corrected chi connectivity index (χ2v) is 3.53. The van der Waals surface area contributed by atoms with Crippen LogP contribution in [0.1, 0.15) is 19.3 Å². The summed E-state index contributed by atoms with van der Waals surface area (Å²) in [5.74, 6) is 0.162. The third-order valence-corrected chi connectivity index (χ3v) is 2.97. The van der Waals surface area contributed by atoms with Gasteiger partial charge in [0, 0.05) is 18.3 Å². The zero-order valence-corrected chi connectivity index (χ0v) is 6.77. The van der Waals surface area contributed by atoms with Crippen molar-refractivity contribution in [2.45, 2.75) is 31.5 Å². The number of fused-ring (bicyclic) bond motifs is 2. The van der Waals surface area contributed by atoms with Crippen LogP contribution in [0.25, 0.3) is 0 Å². The summed E-state index contributed by atoms with van der Waals surface area (Å²) >= 11 is 0. The van der Waals surface area contributed by atoms with Crippen molar-refractivity contribution in [2.75, 3.05) is 0 Å². The van der Waals surface area contributed by atoms with Gasteiger partial charge in [0.25, 0.3) is 0 Å². The van der Waals surface area contributed by atoms with Crippen molar-refractivity contribution in [2.24, 2.45) is 11.8 Å². The Hall–Kier alpha value is -0.880. The molecule has 3 nitrogen and oxygen atoms in total. The zero-order chi connectivity index (χ0) is 8.55. The Morgan fingerprint density at radius 2 is 2.25 bits per heavy atom. The lowest BCUT2D eigenvalue weighted by molar-refractivity contribution is -0.113. The van der Waals surface area contributed by atoms with Gasteiger partial charge in [0.1, 0.15) is 6.29 Å². The Morgan fingerprint density at radius 1 is 1.50 bits per heavy atom. The first kappa shape index (κ1) is 7.75. The van der Waals surface area contributed by atoms with Gasteiger partial charge in [-0.2, -0.15) is 5.26 Å². The van der Waals surface area contributed by atoms with Crippen molar-refractivity contribution in [3.8, 4) is 6.07 Å². The number of hydrogen-bond donors (Lipinski definition) is 0. The minimum atomic E-state index is -0.0107. The Kier molecular flexibility index (Phi) is 1.86. The first-order chi connectivity index (χ1) is 5.86. The van der Waals surface area contributed by atoms with E-state index in [-0.39, 0.29) is 24.0 Å². The number of aldehydes is 1. The van der Waals surface area contributed by atoms with Gasteiger partial charge in [-0.25, -0.2) is 0 Å². The highest BCUT2D eigenvalue weighted by Crippen LogP contribution is 2.43. The van der Waals surface area contributed by atoms with Crippen molar-refractivity contribution in [3.05, 3.63) is 0 Å². The molecule has 2 aliphatic rings. The van der Waals surface area contributed by atoms with Gasteiger partial charge in [0.15, 0.2) is 0 Å². The van der Waals surface area contributed by atoms with Crippen LogP contribution in [-0.4, -0.2) is 18.5 Å². The summed E-state index contributed by atoms with van der Waals surface area (Å²) < 4.78 is 5.56. The Morgan fingerprint density at radius 3 is 2.92 bits per heavy atom. The molecule has 0 radical (unpaired) electrons. The Balaban J connectivity index is 2.12. The third kappa shape index (κ3) is 0.953. The second-order valence-electron chi connectivity index (χ2n) is 3.53. The molecule has 12 heavy (non-hydrogen) atoms. The summed E-state index contributed by atoms with van der Waals surface area (Å²) in [6, 6.07) is 2.12. The van der Waals surface area contributed by atoms with Crippen LogP contribution < -0.4 is 0 Å². The number of ether oxygens (including phenoxy) is 1. The summed E-state index contributed by atoms with van der Waals surface area (Å²) in [5, 5.41) is 8.55. The number of nitrogens with zero attached hydrogens (tertiary/aromatic N) is 1. The molecular weight excluding hydrogens is 154 g/mol. The van der Waals surface area contributed by atoms with Gasteiger partial charge >= 0.3 is 0 Å². The van der Waals surface area contributed by atoms with E-state index in [0.717, 1.165) is 19.1 Å². The summed E-state index contributed by atoms with van der Waals surface area (Å²) in [6.45, 7) is 0. The van der Waals surface area contributed by atoms with Crippen LogP contribution in [0.2, 0.25) is 0 Å². The minimum Gasteiger partial charge on any atom is -0.374 e. The molecule has 0 amide bonds. The molecule has 0 N–H and O–H groups in total. The summed E-state index contributed by atoms with van der Waals surface area (Å²) in [4.78, 5) is 10.7. The second kappa shape index (κ2) is 2.87. The lowest BCUT2D eigenvalue weighted by atomic mass is 9.79. The zero-order valence-electron chi connectivity index (χ0n) is 6.77. The highest BCUT2D eigenvalue weighted by Gasteiger charge is 2.48. The molecule has 2 rings (SSSR count). The lowest BCUT2D eigenvalue weighted by Crippen LogP contribution is -2.27. The number of carbonyl (C=O) groups is 1. The van der Waals surface area contributed by atoms with Crippen LogP contribution in [0.3, 0.4) is 0 Å². The molecule has 2 fully saturated rings. The van der Waals surface area contributed by atoms with Gasteiger partial charge in [-0.05, 0) is 12.8 Å². The molecule has 0 aromatic rings. The first-order valence-electron chi connectivity index (χ1n) is 4.34. The van der Waals surface area contributed by atoms with Gasteiger partial charge in [0.05, 0.1) is 18.3 Å². The van der Waals surface area contributed by atoms with Crippen LogP contribution in [0.15, 0.2) is 0 Å². The van der Waals surface area contributed by atoms with Crippen LogP contribution in [-0.2, 0) is 9.53 Å². The maximum Gasteiger partial charge on any atom is 0.126 e. The fraction of sp³-hybridized carbons (Fsp3) is 0.778. The molecule has 0 aliphatic carbocycles. The van der Waals surface area contributed by atoms with Crippen LogP contribution >= 0.6 is 0 Å². The monoisotopic (exact) mass is 165 g/mol. The molecule has 0 unspecified atom stereocenters. The molecule has 4 atom stereocenters. The SMILES string of the molecule is N#CC[C@@H]1[C@@H](C=O)[C@H]2CC[C@@H]1O2. The maximum atomic E-state index is 10.7. The van der Waals surface area contributed by atoms with Crippen molar-refractivity contribution in [3.63, 3.8) is 0 Å². The van der Waals surface area contributed by atoms with E-state index in [9.17, 15) is 4.79 Å². The van der Waals surface area contributed by atoms with Crippen molar-refractivity contribution in [1.29, 1.82) is 5.26 Å². The molecule has 0 saturated carbocycles. The van der Waals surface area contributed by atoms with Gasteiger partial charge in [-0.15, -0.1) is 0 Å². The predicted molar refractivity (Wildman–Crippen MR) is 41.2 cm³/mol. The first-order valence-corrected chi connectivity index (χ1v) is 4.34. The van der Waals surface area contributed by atoms with E-state index >= 15 is 0 Å². The van der Waals surface area contributed by atoms with Crippen molar-refractivity contribution >= 4 is 6.29 Å². The molecule has 0 aromatic heterocycles. The highest BCUT2D eigenvalue weighted by atomic mass is 16.5. The van der Waals surface area contributed by atoms with E-state index < -0.39 is 0 Å². The largest absolute Gasteiger partial charge is 0.374 e. The number of carbonyl (C=O) groups excluding carboxylic acids is 1. The van der Waals surface area contributed by atoms with E-state index in [1.807, 2.05) is 0 Å². The molecule has 3 heteroatoms. The number of rotatable bonds is 2. The van der Waals surface area contributed by atoms with Crippen molar-refractivity contribution < 1.29 is 9.53 Å². The van der Waals surface area contributed by atoms with Crippen molar-refractivity contribution in [1.82, 2.24) is 0 Å². The molecule has 0 spiro atoms. The summed E-state index contributed by atoms with van der Waals surface area (Å²) in [7, 11) is 0. The topological polar surface area (TPSA) is 50.1 Å². The van der Waals surface area contributed by atoms with Gasteiger partial charge in [-0.1, -0.05) is 0 Å². The van der Waals surface area contributed by atoms with Gasteiger partial charge in [0.2, 0.25) is 0 Å². The van der Waals surface area contributed by atoms with E-state index in [0.29, 0.717) is 6.42 Å². The molecule has 0 aromatic carbocycles. The molecule has 2 heterocycles. The molecule has 64 valence electrons. The van der Waals surface area contributed by atoms with E-state index in [1.54, 1.807) is 0 Å².